The van der Waals surface area contributed by atoms with Crippen LogP contribution in [0.15, 0.2) is 17.1 Å². The average Bonchev–Trinajstić information content (AvgIpc) is 2.58. The molecule has 1 aromatic carbocycles. The van der Waals surface area contributed by atoms with Crippen LogP contribution in [0, 0.1) is 0 Å². The number of nitrogens with zero attached hydrogens (tertiary/aromatic N) is 3. The second kappa shape index (κ2) is 10.4. The van der Waals surface area contributed by atoms with Crippen LogP contribution >= 0.6 is 34.8 Å². The Kier molecular flexibility index (Phi) is 8.57. The van der Waals surface area contributed by atoms with E-state index in [1.54, 1.807) is 19.2 Å². The van der Waals surface area contributed by atoms with Crippen LogP contribution in [0.5, 0.6) is 5.75 Å². The van der Waals surface area contributed by atoms with Gasteiger partial charge in [0.25, 0.3) is 0 Å². The number of guanidine groups is 1. The average molecular weight is 423 g/mol. The summed E-state index contributed by atoms with van der Waals surface area (Å²) in [7, 11) is 6.06. The number of piperazine rings is 1. The lowest BCUT2D eigenvalue weighted by Gasteiger charge is -2.37. The predicted octanol–water partition coefficient (Wildman–Crippen LogP) is 2.44. The highest BCUT2D eigenvalue weighted by Crippen LogP contribution is 2.35. The van der Waals surface area contributed by atoms with Gasteiger partial charge in [0.1, 0.15) is 6.61 Å². The maximum absolute atomic E-state index is 6.11. The quantitative estimate of drug-likeness (QED) is 0.419. The first kappa shape index (κ1) is 21.4. The second-order valence-electron chi connectivity index (χ2n) is 6.32. The van der Waals surface area contributed by atoms with Crippen LogP contribution in [0.2, 0.25) is 15.1 Å². The number of benzene rings is 1. The van der Waals surface area contributed by atoms with E-state index in [2.05, 4.69) is 39.5 Å². The SMILES string of the molecule is CN=C(NCCOc1c(Cl)cc(Cl)cc1Cl)NCC1CN(C)CCN1C. The third kappa shape index (κ3) is 6.35. The van der Waals surface area contributed by atoms with Gasteiger partial charge in [-0.15, -0.1) is 0 Å². The lowest BCUT2D eigenvalue weighted by molar-refractivity contribution is 0.116. The third-order valence-corrected chi connectivity index (χ3v) is 5.09. The van der Waals surface area contributed by atoms with E-state index in [1.165, 1.54) is 0 Å². The van der Waals surface area contributed by atoms with Crippen LogP contribution in [0.4, 0.5) is 0 Å². The predicted molar refractivity (Wildman–Crippen MR) is 110 cm³/mol. The van der Waals surface area contributed by atoms with Gasteiger partial charge < -0.3 is 20.3 Å². The van der Waals surface area contributed by atoms with Crippen LogP contribution in [0.1, 0.15) is 0 Å². The minimum Gasteiger partial charge on any atom is -0.489 e. The summed E-state index contributed by atoms with van der Waals surface area (Å²) in [5, 5.41) is 7.86. The van der Waals surface area contributed by atoms with Gasteiger partial charge in [-0.3, -0.25) is 9.89 Å². The number of hydrogen-bond donors (Lipinski definition) is 2. The van der Waals surface area contributed by atoms with E-state index >= 15 is 0 Å². The summed E-state index contributed by atoms with van der Waals surface area (Å²) >= 11 is 18.1. The molecule has 0 aromatic heterocycles. The number of aliphatic imine (C=N–C) groups is 1. The highest BCUT2D eigenvalue weighted by atomic mass is 35.5. The number of ether oxygens (including phenoxy) is 1. The second-order valence-corrected chi connectivity index (χ2v) is 7.57. The van der Waals surface area contributed by atoms with Crippen LogP contribution in [0.3, 0.4) is 0 Å². The molecule has 1 aliphatic rings. The van der Waals surface area contributed by atoms with Crippen molar-refractivity contribution in [3.8, 4) is 5.75 Å². The van der Waals surface area contributed by atoms with Gasteiger partial charge in [0, 0.05) is 44.3 Å². The van der Waals surface area contributed by atoms with E-state index in [0.717, 1.165) is 32.1 Å². The number of rotatable bonds is 6. The van der Waals surface area contributed by atoms with Crippen molar-refractivity contribution >= 4 is 40.8 Å². The molecule has 2 rings (SSSR count). The van der Waals surface area contributed by atoms with Gasteiger partial charge in [-0.25, -0.2) is 0 Å². The fraction of sp³-hybridized carbons (Fsp3) is 0.588. The lowest BCUT2D eigenvalue weighted by Crippen LogP contribution is -2.55. The molecule has 0 amide bonds. The zero-order valence-corrected chi connectivity index (χ0v) is 17.6. The van der Waals surface area contributed by atoms with Gasteiger partial charge in [0.05, 0.1) is 16.6 Å². The molecule has 1 heterocycles. The number of nitrogens with one attached hydrogen (secondary N) is 2. The Morgan fingerprint density at radius 3 is 2.54 bits per heavy atom. The summed E-state index contributed by atoms with van der Waals surface area (Å²) in [5.74, 6) is 1.18. The van der Waals surface area contributed by atoms with Crippen molar-refractivity contribution in [2.45, 2.75) is 6.04 Å². The first-order chi connectivity index (χ1) is 12.4. The van der Waals surface area contributed by atoms with Crippen molar-refractivity contribution in [3.05, 3.63) is 27.2 Å². The monoisotopic (exact) mass is 421 g/mol. The molecular formula is C17H26Cl3N5O. The summed E-state index contributed by atoms with van der Waals surface area (Å²) in [4.78, 5) is 8.96. The maximum atomic E-state index is 6.11. The Bertz CT molecular complexity index is 605. The summed E-state index contributed by atoms with van der Waals surface area (Å²) in [6.07, 6.45) is 0. The molecule has 0 radical (unpaired) electrons. The summed E-state index contributed by atoms with van der Waals surface area (Å²) < 4.78 is 5.66. The van der Waals surface area contributed by atoms with Gasteiger partial charge >= 0.3 is 0 Å². The van der Waals surface area contributed by atoms with Crippen LogP contribution in [0.25, 0.3) is 0 Å². The van der Waals surface area contributed by atoms with E-state index < -0.39 is 0 Å². The van der Waals surface area contributed by atoms with Gasteiger partial charge in [0.2, 0.25) is 0 Å². The number of hydrogen-bond acceptors (Lipinski definition) is 4. The summed E-state index contributed by atoms with van der Waals surface area (Å²) in [6, 6.07) is 3.67. The van der Waals surface area contributed by atoms with Gasteiger partial charge in [-0.05, 0) is 26.2 Å². The van der Waals surface area contributed by atoms with Gasteiger partial charge in [0.15, 0.2) is 11.7 Å². The minimum absolute atomic E-state index is 0.397. The molecular weight excluding hydrogens is 397 g/mol. The fourth-order valence-electron chi connectivity index (χ4n) is 2.75. The molecule has 146 valence electrons. The van der Waals surface area contributed by atoms with Gasteiger partial charge in [-0.2, -0.15) is 0 Å². The standard InChI is InChI=1S/C17H26Cl3N5O/c1-21-17(23-10-13-11-24(2)5-6-25(13)3)22-4-7-26-16-14(19)8-12(18)9-15(16)20/h8-9,13H,4-7,10-11H2,1-3H3,(H2,21,22,23). The number of likely N-dealkylation sites (N-methyl/N-ethyl adjacent to an activating group) is 2. The smallest absolute Gasteiger partial charge is 0.191 e. The van der Waals surface area contributed by atoms with Crippen molar-refractivity contribution in [2.24, 2.45) is 4.99 Å². The molecule has 1 aliphatic heterocycles. The Morgan fingerprint density at radius 1 is 1.19 bits per heavy atom. The van der Waals surface area contributed by atoms with E-state index in [4.69, 9.17) is 39.5 Å². The Balaban J connectivity index is 1.74. The van der Waals surface area contributed by atoms with E-state index in [0.29, 0.717) is 40.0 Å². The molecule has 1 saturated heterocycles. The van der Waals surface area contributed by atoms with Crippen molar-refractivity contribution in [2.75, 3.05) is 60.5 Å². The minimum atomic E-state index is 0.397. The zero-order valence-electron chi connectivity index (χ0n) is 15.4. The van der Waals surface area contributed by atoms with Crippen LogP contribution < -0.4 is 15.4 Å². The van der Waals surface area contributed by atoms with E-state index in [1.807, 2.05) is 0 Å². The van der Waals surface area contributed by atoms with Crippen molar-refractivity contribution in [1.29, 1.82) is 0 Å². The highest BCUT2D eigenvalue weighted by molar-refractivity contribution is 6.40. The van der Waals surface area contributed by atoms with Gasteiger partial charge in [-0.1, -0.05) is 34.8 Å². The molecule has 1 aromatic rings. The molecule has 1 atom stereocenters. The zero-order chi connectivity index (χ0) is 19.1. The van der Waals surface area contributed by atoms with Crippen molar-refractivity contribution < 1.29 is 4.74 Å². The lowest BCUT2D eigenvalue weighted by atomic mass is 10.2. The van der Waals surface area contributed by atoms with Crippen molar-refractivity contribution in [3.63, 3.8) is 0 Å². The Labute approximate surface area is 170 Å². The first-order valence-electron chi connectivity index (χ1n) is 8.51. The van der Waals surface area contributed by atoms with E-state index in [9.17, 15) is 0 Å². The Morgan fingerprint density at radius 2 is 1.88 bits per heavy atom. The van der Waals surface area contributed by atoms with E-state index in [-0.39, 0.29) is 0 Å². The molecule has 0 saturated carbocycles. The number of halogens is 3. The normalized spacial score (nSPS) is 19.5. The molecule has 0 aliphatic carbocycles. The topological polar surface area (TPSA) is 52.1 Å². The largest absolute Gasteiger partial charge is 0.489 e. The molecule has 9 heteroatoms. The summed E-state index contributed by atoms with van der Waals surface area (Å²) in [6.45, 7) is 5.01. The highest BCUT2D eigenvalue weighted by Gasteiger charge is 2.22. The third-order valence-electron chi connectivity index (χ3n) is 4.31. The molecule has 2 N–H and O–H groups in total. The molecule has 1 unspecified atom stereocenters. The molecule has 0 bridgehead atoms. The van der Waals surface area contributed by atoms with Crippen LogP contribution in [-0.4, -0.2) is 82.3 Å². The fourth-order valence-corrected chi connectivity index (χ4v) is 3.67. The molecule has 0 spiro atoms. The summed E-state index contributed by atoms with van der Waals surface area (Å²) in [5.41, 5.74) is 0. The van der Waals surface area contributed by atoms with Crippen LogP contribution in [-0.2, 0) is 0 Å². The molecule has 6 nitrogen and oxygen atoms in total. The van der Waals surface area contributed by atoms with Crippen molar-refractivity contribution in [1.82, 2.24) is 20.4 Å². The Hall–Kier alpha value is -0.920. The first-order valence-corrected chi connectivity index (χ1v) is 9.64. The maximum Gasteiger partial charge on any atom is 0.191 e. The molecule has 1 fully saturated rings. The molecule has 26 heavy (non-hydrogen) atoms.